The van der Waals surface area contributed by atoms with Crippen LogP contribution in [0, 0.1) is 5.92 Å². The fourth-order valence-corrected chi connectivity index (χ4v) is 0.840. The number of carbonyl (C=O) groups excluding carboxylic acids is 1. The van der Waals surface area contributed by atoms with Crippen LogP contribution >= 0.6 is 0 Å². The van der Waals surface area contributed by atoms with Crippen LogP contribution in [-0.4, -0.2) is 30.7 Å². The maximum Gasteiger partial charge on any atom is 0.251 e. The van der Waals surface area contributed by atoms with Gasteiger partial charge >= 0.3 is 0 Å². The average molecular weight is 126 g/mol. The van der Waals surface area contributed by atoms with E-state index in [1.807, 2.05) is 18.9 Å². The first-order chi connectivity index (χ1) is 4.20. The number of hydrogen-bond acceptors (Lipinski definition) is 2. The van der Waals surface area contributed by atoms with Crippen LogP contribution in [0.3, 0.4) is 0 Å². The highest BCUT2D eigenvalue weighted by Crippen LogP contribution is 2.03. The Morgan fingerprint density at radius 3 is 3.00 bits per heavy atom. The number of carbonyl (C=O) groups is 1. The largest absolute Gasteiger partial charge is 0.365 e. The summed E-state index contributed by atoms with van der Waals surface area (Å²) in [5, 5.41) is 0. The van der Waals surface area contributed by atoms with E-state index in [4.69, 9.17) is 0 Å². The van der Waals surface area contributed by atoms with E-state index < -0.39 is 0 Å². The Bertz CT molecular complexity index is 153. The first-order valence-corrected chi connectivity index (χ1v) is 2.98. The molecule has 0 bridgehead atoms. The normalized spacial score (nSPS) is 27.1. The number of rotatable bonds is 0. The van der Waals surface area contributed by atoms with Gasteiger partial charge in [0.25, 0.3) is 5.91 Å². The Hall–Kier alpha value is -0.860. The summed E-state index contributed by atoms with van der Waals surface area (Å²) in [6.45, 7) is 2.68. The first kappa shape index (κ1) is 6.26. The molecule has 0 fully saturated rings. The lowest BCUT2D eigenvalue weighted by atomic mass is 10.1. The zero-order valence-electron chi connectivity index (χ0n) is 5.66. The maximum atomic E-state index is 10.7. The molecule has 0 aromatic heterocycles. The Morgan fingerprint density at radius 1 is 1.89 bits per heavy atom. The molecule has 0 saturated carbocycles. The average Bonchev–Trinajstić information content (AvgIpc) is 1.80. The minimum absolute atomic E-state index is 0.00639. The zero-order chi connectivity index (χ0) is 6.85. The van der Waals surface area contributed by atoms with Gasteiger partial charge in [0, 0.05) is 13.6 Å². The van der Waals surface area contributed by atoms with Gasteiger partial charge in [0.15, 0.2) is 0 Å². The summed E-state index contributed by atoms with van der Waals surface area (Å²) in [6, 6.07) is 0. The molecule has 0 saturated heterocycles. The number of amides is 1. The monoisotopic (exact) mass is 126 g/mol. The summed E-state index contributed by atoms with van der Waals surface area (Å²) >= 11 is 0. The smallest absolute Gasteiger partial charge is 0.251 e. The van der Waals surface area contributed by atoms with Crippen LogP contribution in [0.25, 0.3) is 0 Å². The van der Waals surface area contributed by atoms with Crippen LogP contribution in [0.1, 0.15) is 6.92 Å². The van der Waals surface area contributed by atoms with E-state index >= 15 is 0 Å². The van der Waals surface area contributed by atoms with Gasteiger partial charge in [-0.1, -0.05) is 6.92 Å². The zero-order valence-corrected chi connectivity index (χ0v) is 5.66. The third kappa shape index (κ3) is 1.28. The minimum Gasteiger partial charge on any atom is -0.365 e. The molecule has 1 rings (SSSR count). The quantitative estimate of drug-likeness (QED) is 0.462. The predicted octanol–water partition coefficient (Wildman–Crippen LogP) is 0.123. The molecule has 3 heteroatoms. The first-order valence-electron chi connectivity index (χ1n) is 2.98. The highest BCUT2D eigenvalue weighted by atomic mass is 16.1. The van der Waals surface area contributed by atoms with E-state index in [2.05, 4.69) is 4.99 Å². The number of aliphatic imine (C=N–C) groups is 1. The van der Waals surface area contributed by atoms with Crippen LogP contribution < -0.4 is 0 Å². The molecule has 0 aromatic rings. The maximum absolute atomic E-state index is 10.7. The van der Waals surface area contributed by atoms with Crippen molar-refractivity contribution in [2.45, 2.75) is 6.92 Å². The highest BCUT2D eigenvalue weighted by Gasteiger charge is 2.16. The Balaban J connectivity index is 2.65. The van der Waals surface area contributed by atoms with Gasteiger partial charge in [-0.15, -0.1) is 0 Å². The van der Waals surface area contributed by atoms with Gasteiger partial charge in [-0.3, -0.25) is 4.79 Å². The molecule has 0 radical (unpaired) electrons. The molecule has 1 heterocycles. The second-order valence-corrected chi connectivity index (χ2v) is 2.42. The van der Waals surface area contributed by atoms with Crippen molar-refractivity contribution in [2.24, 2.45) is 10.9 Å². The lowest BCUT2D eigenvalue weighted by Gasteiger charge is -2.20. The fraction of sp³-hybridized carbons (Fsp3) is 0.667. The molecule has 9 heavy (non-hydrogen) atoms. The van der Waals surface area contributed by atoms with E-state index in [9.17, 15) is 4.79 Å². The molecular weight excluding hydrogens is 116 g/mol. The molecular formula is C6H10N2O. The van der Waals surface area contributed by atoms with Crippen molar-refractivity contribution in [1.29, 1.82) is 0 Å². The summed E-state index contributed by atoms with van der Waals surface area (Å²) < 4.78 is 0. The fourth-order valence-electron chi connectivity index (χ4n) is 0.840. The summed E-state index contributed by atoms with van der Waals surface area (Å²) in [5.41, 5.74) is 0. The van der Waals surface area contributed by atoms with Gasteiger partial charge in [0.1, 0.15) is 0 Å². The van der Waals surface area contributed by atoms with Gasteiger partial charge < -0.3 is 4.90 Å². The van der Waals surface area contributed by atoms with Crippen LogP contribution in [0.15, 0.2) is 4.99 Å². The van der Waals surface area contributed by atoms with Crippen molar-refractivity contribution < 1.29 is 4.79 Å². The van der Waals surface area contributed by atoms with E-state index in [0.717, 1.165) is 6.54 Å². The standard InChI is InChI=1S/C6H10N2O/c1-5-3-8(2)4-7-6(5)9/h4-5H,3H2,1-2H3. The Morgan fingerprint density at radius 2 is 2.56 bits per heavy atom. The molecule has 1 aliphatic heterocycles. The molecule has 0 N–H and O–H groups in total. The summed E-state index contributed by atoms with van der Waals surface area (Å²) in [5.74, 6) is 0.0631. The second kappa shape index (κ2) is 2.17. The van der Waals surface area contributed by atoms with Crippen molar-refractivity contribution in [2.75, 3.05) is 13.6 Å². The Kier molecular flexibility index (Phi) is 1.51. The Labute approximate surface area is 54.4 Å². The minimum atomic E-state index is -0.00639. The van der Waals surface area contributed by atoms with Gasteiger partial charge in [0.2, 0.25) is 0 Å². The van der Waals surface area contributed by atoms with Gasteiger partial charge in [-0.05, 0) is 0 Å². The van der Waals surface area contributed by atoms with E-state index in [0.29, 0.717) is 0 Å². The lowest BCUT2D eigenvalue weighted by Crippen LogP contribution is -2.31. The molecule has 50 valence electrons. The van der Waals surface area contributed by atoms with E-state index in [-0.39, 0.29) is 11.8 Å². The lowest BCUT2D eigenvalue weighted by molar-refractivity contribution is -0.121. The summed E-state index contributed by atoms with van der Waals surface area (Å²) in [7, 11) is 1.91. The van der Waals surface area contributed by atoms with Crippen LogP contribution in [0.5, 0.6) is 0 Å². The topological polar surface area (TPSA) is 32.7 Å². The van der Waals surface area contributed by atoms with Crippen molar-refractivity contribution >= 4 is 12.2 Å². The van der Waals surface area contributed by atoms with Crippen LogP contribution in [-0.2, 0) is 4.79 Å². The van der Waals surface area contributed by atoms with Crippen molar-refractivity contribution in [3.63, 3.8) is 0 Å². The molecule has 1 aliphatic rings. The second-order valence-electron chi connectivity index (χ2n) is 2.42. The number of hydrogen-bond donors (Lipinski definition) is 0. The molecule has 0 aromatic carbocycles. The van der Waals surface area contributed by atoms with Crippen molar-refractivity contribution in [1.82, 2.24) is 4.90 Å². The number of nitrogens with zero attached hydrogens (tertiary/aromatic N) is 2. The molecule has 1 unspecified atom stereocenters. The molecule has 1 atom stereocenters. The van der Waals surface area contributed by atoms with Crippen LogP contribution in [0.4, 0.5) is 0 Å². The van der Waals surface area contributed by atoms with Gasteiger partial charge in [0.05, 0.1) is 12.3 Å². The van der Waals surface area contributed by atoms with Crippen molar-refractivity contribution in [3.8, 4) is 0 Å². The molecule has 0 aliphatic carbocycles. The summed E-state index contributed by atoms with van der Waals surface area (Å²) in [4.78, 5) is 16.3. The SMILES string of the molecule is CC1CN(C)C=NC1=O. The van der Waals surface area contributed by atoms with Gasteiger partial charge in [-0.25, -0.2) is 4.99 Å². The third-order valence-electron chi connectivity index (χ3n) is 1.37. The van der Waals surface area contributed by atoms with Crippen LogP contribution in [0.2, 0.25) is 0 Å². The van der Waals surface area contributed by atoms with Gasteiger partial charge in [-0.2, -0.15) is 0 Å². The third-order valence-corrected chi connectivity index (χ3v) is 1.37. The van der Waals surface area contributed by atoms with E-state index in [1.54, 1.807) is 6.34 Å². The summed E-state index contributed by atoms with van der Waals surface area (Å²) in [6.07, 6.45) is 1.57. The molecule has 1 amide bonds. The van der Waals surface area contributed by atoms with E-state index in [1.165, 1.54) is 0 Å². The molecule has 3 nitrogen and oxygen atoms in total. The van der Waals surface area contributed by atoms with Crippen molar-refractivity contribution in [3.05, 3.63) is 0 Å². The highest BCUT2D eigenvalue weighted by molar-refractivity contribution is 5.88. The molecule has 0 spiro atoms. The predicted molar refractivity (Wildman–Crippen MR) is 35.3 cm³/mol.